The molecule has 0 aromatic carbocycles. The number of rotatable bonds is 4. The summed E-state index contributed by atoms with van der Waals surface area (Å²) in [5.74, 6) is -0.383. The van der Waals surface area contributed by atoms with Gasteiger partial charge in [0.15, 0.2) is 0 Å². The van der Waals surface area contributed by atoms with E-state index >= 15 is 0 Å². The second kappa shape index (κ2) is 6.51. The number of esters is 1. The van der Waals surface area contributed by atoms with Crippen LogP contribution < -0.4 is 0 Å². The molecule has 1 aromatic heterocycles. The number of ether oxygens (including phenoxy) is 1. The zero-order valence-electron chi connectivity index (χ0n) is 11.2. The topological polar surface area (TPSA) is 79.7 Å². The molecule has 0 aliphatic heterocycles. The summed E-state index contributed by atoms with van der Waals surface area (Å²) in [6.07, 6.45) is 2.39. The molecule has 1 fully saturated rings. The molecule has 2 rings (SSSR count). The molecule has 5 nitrogen and oxygen atoms in total. The highest BCUT2D eigenvalue weighted by Gasteiger charge is 2.43. The van der Waals surface area contributed by atoms with Crippen LogP contribution in [0.4, 0.5) is 0 Å². The fourth-order valence-electron chi connectivity index (χ4n) is 2.51. The van der Waals surface area contributed by atoms with Gasteiger partial charge >= 0.3 is 5.97 Å². The second-order valence-electron chi connectivity index (χ2n) is 5.04. The number of aliphatic hydroxyl groups is 2. The number of hydrogen-bond acceptors (Lipinski definition) is 6. The van der Waals surface area contributed by atoms with Crippen molar-refractivity contribution in [2.45, 2.75) is 44.3 Å². The Morgan fingerprint density at radius 1 is 1.65 bits per heavy atom. The lowest BCUT2D eigenvalue weighted by molar-refractivity contribution is -0.154. The highest BCUT2D eigenvalue weighted by Crippen LogP contribution is 2.42. The number of aromatic nitrogens is 1. The van der Waals surface area contributed by atoms with E-state index in [4.69, 9.17) is 4.74 Å². The van der Waals surface area contributed by atoms with E-state index in [9.17, 15) is 15.0 Å². The van der Waals surface area contributed by atoms with E-state index in [0.717, 1.165) is 3.79 Å². The molecule has 2 N–H and O–H groups in total. The number of thiazole rings is 1. The number of hydrogen-bond donors (Lipinski definition) is 2. The summed E-state index contributed by atoms with van der Waals surface area (Å²) in [7, 11) is 0. The quantitative estimate of drug-likeness (QED) is 0.803. The monoisotopic (exact) mass is 363 g/mol. The van der Waals surface area contributed by atoms with Gasteiger partial charge in [-0.1, -0.05) is 0 Å². The Hall–Kier alpha value is -0.500. The van der Waals surface area contributed by atoms with Crippen LogP contribution in [0.15, 0.2) is 9.98 Å². The van der Waals surface area contributed by atoms with E-state index in [-0.39, 0.29) is 11.9 Å². The molecule has 112 valence electrons. The summed E-state index contributed by atoms with van der Waals surface area (Å²) in [6.45, 7) is 2.15. The molecule has 0 saturated heterocycles. The molecular formula is C13H18BrNO4S. The van der Waals surface area contributed by atoms with Gasteiger partial charge in [0, 0.05) is 0 Å². The third kappa shape index (κ3) is 3.39. The summed E-state index contributed by atoms with van der Waals surface area (Å²) >= 11 is 4.60. The minimum absolute atomic E-state index is 0.176. The zero-order chi connectivity index (χ0) is 14.8. The number of nitrogens with zero attached hydrogens (tertiary/aromatic N) is 1. The van der Waals surface area contributed by atoms with Gasteiger partial charge in [-0.2, -0.15) is 0 Å². The van der Waals surface area contributed by atoms with Crippen molar-refractivity contribution in [2.24, 2.45) is 5.92 Å². The molecule has 0 amide bonds. The number of aliphatic hydroxyl groups excluding tert-OH is 1. The lowest BCUT2D eigenvalue weighted by Gasteiger charge is -2.37. The van der Waals surface area contributed by atoms with Crippen molar-refractivity contribution in [2.75, 3.05) is 6.61 Å². The van der Waals surface area contributed by atoms with E-state index in [1.54, 1.807) is 13.1 Å². The first-order valence-electron chi connectivity index (χ1n) is 6.64. The molecule has 0 bridgehead atoms. The van der Waals surface area contributed by atoms with Gasteiger partial charge in [-0.05, 0) is 48.5 Å². The van der Waals surface area contributed by atoms with Crippen molar-refractivity contribution in [3.05, 3.63) is 15.0 Å². The molecule has 0 radical (unpaired) electrons. The SMILES string of the molecule is CCOC(=O)[C@H]1CC[C@@](O)(C(O)c2ncc(Br)s2)CC1. The Balaban J connectivity index is 1.99. The van der Waals surface area contributed by atoms with Crippen LogP contribution in [0.1, 0.15) is 43.7 Å². The average molecular weight is 364 g/mol. The lowest BCUT2D eigenvalue weighted by Crippen LogP contribution is -2.41. The summed E-state index contributed by atoms with van der Waals surface area (Å²) in [6, 6.07) is 0. The molecule has 1 aliphatic carbocycles. The molecular weight excluding hydrogens is 346 g/mol. The van der Waals surface area contributed by atoms with Gasteiger partial charge in [0.1, 0.15) is 11.1 Å². The summed E-state index contributed by atoms with van der Waals surface area (Å²) < 4.78 is 5.81. The van der Waals surface area contributed by atoms with Gasteiger partial charge in [-0.15, -0.1) is 11.3 Å². The molecule has 1 aromatic rings. The lowest BCUT2D eigenvalue weighted by atomic mass is 9.76. The second-order valence-corrected chi connectivity index (χ2v) is 7.48. The van der Waals surface area contributed by atoms with Crippen molar-refractivity contribution >= 4 is 33.2 Å². The van der Waals surface area contributed by atoms with Crippen LogP contribution in [-0.2, 0) is 9.53 Å². The Bertz CT molecular complexity index is 471. The fraction of sp³-hybridized carbons (Fsp3) is 0.692. The standard InChI is InChI=1S/C13H18BrNO4S/c1-2-19-12(17)8-3-5-13(18,6-4-8)10(16)11-15-7-9(14)20-11/h7-8,10,16,18H,2-6H2,1H3/t8-,10?,13-. The van der Waals surface area contributed by atoms with Gasteiger partial charge in [-0.25, -0.2) is 4.98 Å². The molecule has 0 spiro atoms. The number of halogens is 1. The molecule has 7 heteroatoms. The first-order valence-corrected chi connectivity index (χ1v) is 8.25. The third-order valence-electron chi connectivity index (χ3n) is 3.71. The van der Waals surface area contributed by atoms with E-state index in [0.29, 0.717) is 37.3 Å². The van der Waals surface area contributed by atoms with Gasteiger partial charge in [0.05, 0.1) is 28.1 Å². The normalized spacial score (nSPS) is 28.1. The minimum Gasteiger partial charge on any atom is -0.466 e. The predicted octanol–water partition coefficient (Wildman–Crippen LogP) is 2.42. The molecule has 1 saturated carbocycles. The van der Waals surface area contributed by atoms with Crippen molar-refractivity contribution in [1.82, 2.24) is 4.98 Å². The van der Waals surface area contributed by atoms with E-state index in [1.165, 1.54) is 11.3 Å². The van der Waals surface area contributed by atoms with Crippen LogP contribution in [0, 0.1) is 5.92 Å². The van der Waals surface area contributed by atoms with Gasteiger partial charge in [-0.3, -0.25) is 4.79 Å². The molecule has 1 unspecified atom stereocenters. The fourth-order valence-corrected chi connectivity index (χ4v) is 3.85. The van der Waals surface area contributed by atoms with E-state index < -0.39 is 11.7 Å². The summed E-state index contributed by atoms with van der Waals surface area (Å²) in [5, 5.41) is 21.4. The average Bonchev–Trinajstić information content (AvgIpc) is 2.85. The maximum absolute atomic E-state index is 11.7. The van der Waals surface area contributed by atoms with Gasteiger partial charge in [0.2, 0.25) is 0 Å². The van der Waals surface area contributed by atoms with Crippen molar-refractivity contribution in [1.29, 1.82) is 0 Å². The third-order valence-corrected chi connectivity index (χ3v) is 5.24. The highest BCUT2D eigenvalue weighted by atomic mass is 79.9. The first kappa shape index (κ1) is 15.9. The molecule has 1 atom stereocenters. The van der Waals surface area contributed by atoms with Crippen LogP contribution in [0.25, 0.3) is 0 Å². The van der Waals surface area contributed by atoms with Crippen molar-refractivity contribution in [3.63, 3.8) is 0 Å². The molecule has 1 heterocycles. The van der Waals surface area contributed by atoms with Crippen LogP contribution >= 0.6 is 27.3 Å². The Morgan fingerprint density at radius 3 is 2.80 bits per heavy atom. The van der Waals surface area contributed by atoms with Crippen molar-refractivity contribution in [3.8, 4) is 0 Å². The predicted molar refractivity (Wildman–Crippen MR) is 78.3 cm³/mol. The largest absolute Gasteiger partial charge is 0.466 e. The summed E-state index contributed by atoms with van der Waals surface area (Å²) in [5.41, 5.74) is -1.21. The summed E-state index contributed by atoms with van der Waals surface area (Å²) in [4.78, 5) is 15.8. The Kier molecular flexibility index (Phi) is 5.17. The minimum atomic E-state index is -1.21. The number of carbonyl (C=O) groups excluding carboxylic acids is 1. The van der Waals surface area contributed by atoms with Gasteiger partial charge in [0.25, 0.3) is 0 Å². The molecule has 20 heavy (non-hydrogen) atoms. The van der Waals surface area contributed by atoms with Crippen LogP contribution in [0.3, 0.4) is 0 Å². The van der Waals surface area contributed by atoms with Crippen LogP contribution in [0.5, 0.6) is 0 Å². The van der Waals surface area contributed by atoms with E-state index in [1.807, 2.05) is 0 Å². The Morgan fingerprint density at radius 2 is 2.30 bits per heavy atom. The number of carbonyl (C=O) groups is 1. The Labute approximate surface area is 130 Å². The smallest absolute Gasteiger partial charge is 0.308 e. The highest BCUT2D eigenvalue weighted by molar-refractivity contribution is 9.11. The zero-order valence-corrected chi connectivity index (χ0v) is 13.6. The van der Waals surface area contributed by atoms with Crippen LogP contribution in [-0.4, -0.2) is 33.4 Å². The maximum atomic E-state index is 11.7. The molecule has 1 aliphatic rings. The van der Waals surface area contributed by atoms with Gasteiger partial charge < -0.3 is 14.9 Å². The maximum Gasteiger partial charge on any atom is 0.308 e. The van der Waals surface area contributed by atoms with E-state index in [2.05, 4.69) is 20.9 Å². The van der Waals surface area contributed by atoms with Crippen LogP contribution in [0.2, 0.25) is 0 Å². The first-order chi connectivity index (χ1) is 9.46. The van der Waals surface area contributed by atoms with Crippen molar-refractivity contribution < 1.29 is 19.7 Å².